The van der Waals surface area contributed by atoms with Crippen LogP contribution in [0.25, 0.3) is 5.57 Å². The normalized spacial score (nSPS) is 21.9. The van der Waals surface area contributed by atoms with Crippen LogP contribution >= 0.6 is 0 Å². The fourth-order valence-corrected chi connectivity index (χ4v) is 5.28. The Morgan fingerprint density at radius 3 is 2.06 bits per heavy atom. The summed E-state index contributed by atoms with van der Waals surface area (Å²) in [7, 11) is 0. The van der Waals surface area contributed by atoms with Crippen LogP contribution in [0.3, 0.4) is 0 Å². The first-order chi connectivity index (χ1) is 16.0. The third-order valence-electron chi connectivity index (χ3n) is 6.99. The molecule has 1 atom stereocenters. The molecular weight excluding hydrogens is 417 g/mol. The lowest BCUT2D eigenvalue weighted by atomic mass is 9.98. The van der Waals surface area contributed by atoms with Gasteiger partial charge in [0, 0.05) is 31.9 Å². The number of hydrogen-bond donors (Lipinski definition) is 0. The molecule has 2 aromatic carbocycles. The number of carbonyl (C=O) groups excluding carboxylic acids is 2. The summed E-state index contributed by atoms with van der Waals surface area (Å²) >= 11 is 0. The summed E-state index contributed by atoms with van der Waals surface area (Å²) in [6.45, 7) is 5.72. The van der Waals surface area contributed by atoms with Crippen molar-refractivity contribution in [3.63, 3.8) is 0 Å². The second kappa shape index (κ2) is 9.00. The molecule has 0 saturated carbocycles. The van der Waals surface area contributed by atoms with Gasteiger partial charge in [0.25, 0.3) is 11.8 Å². The number of piperidine rings is 2. The number of hydrogen-bond acceptors (Lipinski definition) is 4. The summed E-state index contributed by atoms with van der Waals surface area (Å²) in [6.07, 6.45) is 5.73. The molecule has 3 aliphatic heterocycles. The molecule has 172 valence electrons. The third kappa shape index (κ3) is 4.14. The fraction of sp³-hybridized carbons (Fsp3) is 0.407. The van der Waals surface area contributed by atoms with Gasteiger partial charge in [-0.1, -0.05) is 19.1 Å². The summed E-state index contributed by atoms with van der Waals surface area (Å²) in [4.78, 5) is 33.0. The Bertz CT molecular complexity index is 1070. The third-order valence-corrected chi connectivity index (χ3v) is 6.99. The molecule has 2 amide bonds. The van der Waals surface area contributed by atoms with E-state index in [-0.39, 0.29) is 17.6 Å². The zero-order valence-electron chi connectivity index (χ0n) is 19.1. The molecule has 3 heterocycles. The quantitative estimate of drug-likeness (QED) is 0.630. The smallest absolute Gasteiger partial charge is 0.282 e. The van der Waals surface area contributed by atoms with Crippen LogP contribution in [0.2, 0.25) is 0 Å². The fourth-order valence-electron chi connectivity index (χ4n) is 5.28. The van der Waals surface area contributed by atoms with E-state index in [0.717, 1.165) is 44.7 Å². The topological polar surface area (TPSA) is 43.9 Å². The molecule has 2 aromatic rings. The van der Waals surface area contributed by atoms with Crippen molar-refractivity contribution in [1.82, 2.24) is 4.90 Å². The first-order valence-corrected chi connectivity index (χ1v) is 12.0. The maximum Gasteiger partial charge on any atom is 0.282 e. The van der Waals surface area contributed by atoms with Gasteiger partial charge in [-0.2, -0.15) is 0 Å². The standard InChI is InChI=1S/C27H30FN3O2/c1-19-6-5-17-30(18-19)25-24(20-7-9-21(28)10-8-20)26(32)31(27(25)33)23-13-11-22(12-14-23)29-15-3-2-4-16-29/h7-14,19H,2-6,15-18H2,1H3. The molecule has 6 heteroatoms. The van der Waals surface area contributed by atoms with Gasteiger partial charge in [0.1, 0.15) is 11.5 Å². The number of halogens is 1. The molecule has 0 aromatic heterocycles. The maximum absolute atomic E-state index is 13.7. The summed E-state index contributed by atoms with van der Waals surface area (Å²) < 4.78 is 13.6. The van der Waals surface area contributed by atoms with Crippen molar-refractivity contribution >= 4 is 28.8 Å². The van der Waals surface area contributed by atoms with Crippen molar-refractivity contribution in [3.05, 3.63) is 65.6 Å². The van der Waals surface area contributed by atoms with Gasteiger partial charge < -0.3 is 9.80 Å². The highest BCUT2D eigenvalue weighted by Gasteiger charge is 2.43. The average molecular weight is 448 g/mol. The predicted molar refractivity (Wildman–Crippen MR) is 128 cm³/mol. The minimum absolute atomic E-state index is 0.292. The second-order valence-corrected chi connectivity index (χ2v) is 9.43. The number of likely N-dealkylation sites (tertiary alicyclic amines) is 1. The number of benzene rings is 2. The van der Waals surface area contributed by atoms with Gasteiger partial charge in [-0.05, 0) is 80.0 Å². The second-order valence-electron chi connectivity index (χ2n) is 9.43. The van der Waals surface area contributed by atoms with Crippen molar-refractivity contribution in [1.29, 1.82) is 0 Å². The molecule has 1 unspecified atom stereocenters. The Morgan fingerprint density at radius 2 is 1.39 bits per heavy atom. The highest BCUT2D eigenvalue weighted by molar-refractivity contribution is 6.45. The van der Waals surface area contributed by atoms with E-state index in [9.17, 15) is 14.0 Å². The van der Waals surface area contributed by atoms with E-state index in [0.29, 0.717) is 28.4 Å². The molecule has 0 bridgehead atoms. The molecule has 2 saturated heterocycles. The van der Waals surface area contributed by atoms with E-state index in [4.69, 9.17) is 0 Å². The van der Waals surface area contributed by atoms with Crippen molar-refractivity contribution in [2.45, 2.75) is 39.0 Å². The number of imide groups is 1. The largest absolute Gasteiger partial charge is 0.372 e. The van der Waals surface area contributed by atoms with Gasteiger partial charge >= 0.3 is 0 Å². The Hall–Kier alpha value is -3.15. The van der Waals surface area contributed by atoms with E-state index >= 15 is 0 Å². The molecular formula is C27H30FN3O2. The van der Waals surface area contributed by atoms with Crippen molar-refractivity contribution in [2.24, 2.45) is 5.92 Å². The van der Waals surface area contributed by atoms with Gasteiger partial charge in [0.05, 0.1) is 11.3 Å². The molecule has 33 heavy (non-hydrogen) atoms. The van der Waals surface area contributed by atoms with Crippen LogP contribution < -0.4 is 9.80 Å². The molecule has 0 N–H and O–H groups in total. The lowest BCUT2D eigenvalue weighted by Crippen LogP contribution is -2.39. The summed E-state index contributed by atoms with van der Waals surface area (Å²) in [5.74, 6) is -0.555. The van der Waals surface area contributed by atoms with Gasteiger partial charge in [-0.15, -0.1) is 0 Å². The van der Waals surface area contributed by atoms with Gasteiger partial charge in [-0.25, -0.2) is 9.29 Å². The van der Waals surface area contributed by atoms with Gasteiger partial charge in [0.2, 0.25) is 0 Å². The SMILES string of the molecule is CC1CCCN(C2=C(c3ccc(F)cc3)C(=O)N(c3ccc(N4CCCCC4)cc3)C2=O)C1. The highest BCUT2D eigenvalue weighted by atomic mass is 19.1. The van der Waals surface area contributed by atoms with Crippen molar-refractivity contribution < 1.29 is 14.0 Å². The number of amides is 2. The summed E-state index contributed by atoms with van der Waals surface area (Å²) in [5, 5.41) is 0. The molecule has 0 radical (unpaired) electrons. The molecule has 2 fully saturated rings. The zero-order chi connectivity index (χ0) is 22.9. The van der Waals surface area contributed by atoms with E-state index < -0.39 is 0 Å². The Labute approximate surface area is 194 Å². The van der Waals surface area contributed by atoms with Crippen LogP contribution in [0, 0.1) is 11.7 Å². The number of rotatable bonds is 4. The molecule has 5 rings (SSSR count). The minimum Gasteiger partial charge on any atom is -0.372 e. The minimum atomic E-state index is -0.366. The van der Waals surface area contributed by atoms with Crippen molar-refractivity contribution in [3.8, 4) is 0 Å². The number of anilines is 2. The van der Waals surface area contributed by atoms with E-state index in [1.807, 2.05) is 24.3 Å². The van der Waals surface area contributed by atoms with Gasteiger partial charge in [0.15, 0.2) is 0 Å². The van der Waals surface area contributed by atoms with Crippen LogP contribution in [-0.4, -0.2) is 42.9 Å². The predicted octanol–water partition coefficient (Wildman–Crippen LogP) is 4.83. The summed E-state index contributed by atoms with van der Waals surface area (Å²) in [6, 6.07) is 13.6. The summed E-state index contributed by atoms with van der Waals surface area (Å²) in [5.41, 5.74) is 3.09. The first-order valence-electron chi connectivity index (χ1n) is 12.0. The number of carbonyl (C=O) groups is 2. The van der Waals surface area contributed by atoms with Crippen LogP contribution in [0.15, 0.2) is 54.2 Å². The maximum atomic E-state index is 13.7. The van der Waals surface area contributed by atoms with E-state index in [1.165, 1.54) is 36.3 Å². The number of nitrogens with zero attached hydrogens (tertiary/aromatic N) is 3. The average Bonchev–Trinajstić information content (AvgIpc) is 3.10. The molecule has 0 aliphatic carbocycles. The van der Waals surface area contributed by atoms with Crippen LogP contribution in [0.5, 0.6) is 0 Å². The zero-order valence-corrected chi connectivity index (χ0v) is 19.1. The lowest BCUT2D eigenvalue weighted by Gasteiger charge is -2.33. The van der Waals surface area contributed by atoms with Gasteiger partial charge in [-0.3, -0.25) is 9.59 Å². The van der Waals surface area contributed by atoms with Crippen molar-refractivity contribution in [2.75, 3.05) is 36.0 Å². The van der Waals surface area contributed by atoms with E-state index in [2.05, 4.69) is 16.7 Å². The molecule has 3 aliphatic rings. The van der Waals surface area contributed by atoms with E-state index in [1.54, 1.807) is 12.1 Å². The van der Waals surface area contributed by atoms with Crippen LogP contribution in [-0.2, 0) is 9.59 Å². The Balaban J connectivity index is 1.50. The molecule has 0 spiro atoms. The Morgan fingerprint density at radius 1 is 0.758 bits per heavy atom. The Kier molecular flexibility index (Phi) is 5.92. The monoisotopic (exact) mass is 447 g/mol. The van der Waals surface area contributed by atoms with Crippen LogP contribution in [0.1, 0.15) is 44.6 Å². The first kappa shape index (κ1) is 21.7. The van der Waals surface area contributed by atoms with Crippen LogP contribution in [0.4, 0.5) is 15.8 Å². The lowest BCUT2D eigenvalue weighted by molar-refractivity contribution is -0.120. The molecule has 5 nitrogen and oxygen atoms in total. The highest BCUT2D eigenvalue weighted by Crippen LogP contribution is 2.37.